The molecule has 184 valence electrons. The van der Waals surface area contributed by atoms with E-state index in [2.05, 4.69) is 15.3 Å². The van der Waals surface area contributed by atoms with Crippen molar-refractivity contribution < 1.29 is 23.0 Å². The number of urea groups is 1. The number of carbonyl (C=O) groups excluding carboxylic acids is 1. The predicted octanol–water partition coefficient (Wildman–Crippen LogP) is 3.81. The van der Waals surface area contributed by atoms with Crippen LogP contribution in [0.1, 0.15) is 45.1 Å². The second kappa shape index (κ2) is 9.96. The van der Waals surface area contributed by atoms with Crippen LogP contribution in [0.2, 0.25) is 0 Å². The topological polar surface area (TPSA) is 106 Å². The first-order valence-electron chi connectivity index (χ1n) is 11.5. The quantitative estimate of drug-likeness (QED) is 0.626. The van der Waals surface area contributed by atoms with E-state index in [0.717, 1.165) is 36.6 Å². The van der Waals surface area contributed by atoms with Gasteiger partial charge >= 0.3 is 6.03 Å². The van der Waals surface area contributed by atoms with Gasteiger partial charge in [0.05, 0.1) is 20.3 Å². The van der Waals surface area contributed by atoms with Crippen molar-refractivity contribution in [3.63, 3.8) is 0 Å². The molecule has 2 amide bonds. The van der Waals surface area contributed by atoms with E-state index in [-0.39, 0.29) is 43.3 Å². The number of fused-ring (bicyclic) bond motifs is 1. The maximum Gasteiger partial charge on any atom is 0.330 e. The van der Waals surface area contributed by atoms with Gasteiger partial charge in [-0.2, -0.15) is 4.98 Å². The van der Waals surface area contributed by atoms with Crippen molar-refractivity contribution in [2.45, 2.75) is 58.2 Å². The molecule has 2 aliphatic rings. The van der Waals surface area contributed by atoms with Gasteiger partial charge in [0.15, 0.2) is 23.1 Å². The number of nitrogens with one attached hydrogen (secondary N) is 1. The summed E-state index contributed by atoms with van der Waals surface area (Å²) in [5.41, 5.74) is 6.02. The molecular formula is C23H30F2N6O3. The first kappa shape index (κ1) is 23.9. The van der Waals surface area contributed by atoms with Crippen LogP contribution in [0, 0.1) is 11.6 Å². The number of benzene rings is 1. The Kier molecular flexibility index (Phi) is 7.01. The van der Waals surface area contributed by atoms with Crippen molar-refractivity contribution in [1.82, 2.24) is 9.97 Å². The van der Waals surface area contributed by atoms with E-state index in [9.17, 15) is 4.79 Å². The summed E-state index contributed by atoms with van der Waals surface area (Å²) < 4.78 is 40.8. The van der Waals surface area contributed by atoms with Crippen molar-refractivity contribution in [2.75, 3.05) is 35.4 Å². The molecule has 0 bridgehead atoms. The fourth-order valence-corrected chi connectivity index (χ4v) is 4.41. The number of amides is 2. The van der Waals surface area contributed by atoms with Crippen LogP contribution in [-0.4, -0.2) is 48.3 Å². The van der Waals surface area contributed by atoms with E-state index >= 15 is 8.78 Å². The van der Waals surface area contributed by atoms with Crippen molar-refractivity contribution in [3.05, 3.63) is 29.5 Å². The zero-order valence-electron chi connectivity index (χ0n) is 19.6. The lowest BCUT2D eigenvalue weighted by Crippen LogP contribution is -2.48. The van der Waals surface area contributed by atoms with E-state index < -0.39 is 23.4 Å². The Morgan fingerprint density at radius 1 is 1.18 bits per heavy atom. The van der Waals surface area contributed by atoms with Gasteiger partial charge in [0.2, 0.25) is 5.95 Å². The number of halogens is 2. The molecule has 4 rings (SSSR count). The van der Waals surface area contributed by atoms with E-state index in [1.165, 1.54) is 12.0 Å². The van der Waals surface area contributed by atoms with E-state index in [1.807, 2.05) is 0 Å². The summed E-state index contributed by atoms with van der Waals surface area (Å²) in [6.07, 6.45) is 5.28. The molecule has 34 heavy (non-hydrogen) atoms. The van der Waals surface area contributed by atoms with E-state index in [1.54, 1.807) is 20.0 Å². The molecule has 9 nitrogen and oxygen atoms in total. The average Bonchev–Trinajstić information content (AvgIpc) is 2.83. The third kappa shape index (κ3) is 4.44. The number of hydrogen-bond donors (Lipinski definition) is 2. The van der Waals surface area contributed by atoms with Crippen molar-refractivity contribution in [2.24, 2.45) is 5.73 Å². The fraction of sp³-hybridized carbons (Fsp3) is 0.522. The molecule has 0 atom stereocenters. The van der Waals surface area contributed by atoms with Gasteiger partial charge in [-0.1, -0.05) is 0 Å². The number of carbonyl (C=O) groups is 1. The number of nitrogens with zero attached hydrogens (tertiary/aromatic N) is 4. The molecule has 2 aromatic rings. The summed E-state index contributed by atoms with van der Waals surface area (Å²) in [6, 6.07) is 0.969. The standard InChI is InChI=1S/C23H30F2N6O3/c1-4-30-21-13(11-27-22(29-21)28-15-8-6-14(26)7-9-15)12-31(23(30)32)20-18(24)16(33-3)10-17(19(20)25)34-5-2/h10-11,14-15H,4-9,12,26H2,1-3H3,(H,27,28,29). The molecule has 0 spiro atoms. The third-order valence-electron chi connectivity index (χ3n) is 6.21. The first-order chi connectivity index (χ1) is 16.4. The molecule has 1 saturated carbocycles. The number of anilines is 3. The van der Waals surface area contributed by atoms with Gasteiger partial charge in [-0.25, -0.2) is 18.6 Å². The molecule has 1 aromatic carbocycles. The second-order valence-electron chi connectivity index (χ2n) is 8.40. The molecule has 1 aromatic heterocycles. The predicted molar refractivity (Wildman–Crippen MR) is 125 cm³/mol. The second-order valence-corrected chi connectivity index (χ2v) is 8.40. The van der Waals surface area contributed by atoms with Gasteiger partial charge in [0.1, 0.15) is 11.5 Å². The van der Waals surface area contributed by atoms with Gasteiger partial charge in [0, 0.05) is 36.5 Å². The number of ether oxygens (including phenoxy) is 2. The molecule has 3 N–H and O–H groups in total. The summed E-state index contributed by atoms with van der Waals surface area (Å²) in [7, 11) is 1.27. The Morgan fingerprint density at radius 2 is 1.88 bits per heavy atom. The molecule has 0 radical (unpaired) electrons. The Hall–Kier alpha value is -3.21. The molecular weight excluding hydrogens is 446 g/mol. The highest BCUT2D eigenvalue weighted by Crippen LogP contribution is 2.40. The van der Waals surface area contributed by atoms with Crippen LogP contribution in [0.15, 0.2) is 12.3 Å². The molecule has 0 unspecified atom stereocenters. The zero-order valence-corrected chi connectivity index (χ0v) is 19.6. The summed E-state index contributed by atoms with van der Waals surface area (Å²) in [6.45, 7) is 3.77. The molecule has 11 heteroatoms. The average molecular weight is 477 g/mol. The number of methoxy groups -OCH3 is 1. The van der Waals surface area contributed by atoms with Gasteiger partial charge in [-0.05, 0) is 39.5 Å². The molecule has 1 aliphatic carbocycles. The lowest BCUT2D eigenvalue weighted by Gasteiger charge is -2.36. The van der Waals surface area contributed by atoms with E-state index in [4.69, 9.17) is 15.2 Å². The molecule has 1 aliphatic heterocycles. The molecule has 1 fully saturated rings. The number of nitrogens with two attached hydrogens (primary N) is 1. The van der Waals surface area contributed by atoms with E-state index in [0.29, 0.717) is 17.3 Å². The summed E-state index contributed by atoms with van der Waals surface area (Å²) >= 11 is 0. The van der Waals surface area contributed by atoms with Crippen LogP contribution in [0.4, 0.5) is 31.0 Å². The normalized spacial score (nSPS) is 20.2. The van der Waals surface area contributed by atoms with Crippen molar-refractivity contribution in [3.8, 4) is 11.5 Å². The van der Waals surface area contributed by atoms with Crippen LogP contribution in [0.25, 0.3) is 0 Å². The maximum atomic E-state index is 15.3. The minimum Gasteiger partial charge on any atom is -0.493 e. The largest absolute Gasteiger partial charge is 0.493 e. The highest BCUT2D eigenvalue weighted by Gasteiger charge is 2.37. The zero-order chi connectivity index (χ0) is 24.4. The van der Waals surface area contributed by atoms with Gasteiger partial charge < -0.3 is 20.5 Å². The minimum absolute atomic E-state index is 0.101. The Labute approximate surface area is 197 Å². The van der Waals surface area contributed by atoms with Crippen LogP contribution in [0.5, 0.6) is 11.5 Å². The lowest BCUT2D eigenvalue weighted by atomic mass is 9.92. The summed E-state index contributed by atoms with van der Waals surface area (Å²) in [5, 5.41) is 3.33. The van der Waals surface area contributed by atoms with Crippen LogP contribution < -0.4 is 30.3 Å². The van der Waals surface area contributed by atoms with Crippen molar-refractivity contribution in [1.29, 1.82) is 0 Å². The smallest absolute Gasteiger partial charge is 0.330 e. The lowest BCUT2D eigenvalue weighted by molar-refractivity contribution is 0.249. The summed E-state index contributed by atoms with van der Waals surface area (Å²) in [4.78, 5) is 24.7. The van der Waals surface area contributed by atoms with Crippen molar-refractivity contribution >= 4 is 23.5 Å². The Morgan fingerprint density at radius 3 is 2.53 bits per heavy atom. The van der Waals surface area contributed by atoms with Crippen LogP contribution in [0.3, 0.4) is 0 Å². The molecule has 0 saturated heterocycles. The fourth-order valence-electron chi connectivity index (χ4n) is 4.41. The first-order valence-corrected chi connectivity index (χ1v) is 11.5. The Bertz CT molecular complexity index is 1060. The van der Waals surface area contributed by atoms with Crippen LogP contribution >= 0.6 is 0 Å². The molecule has 2 heterocycles. The number of rotatable bonds is 7. The highest BCUT2D eigenvalue weighted by atomic mass is 19.1. The minimum atomic E-state index is -0.981. The third-order valence-corrected chi connectivity index (χ3v) is 6.21. The Balaban J connectivity index is 1.68. The van der Waals surface area contributed by atoms with Gasteiger partial charge in [0.25, 0.3) is 0 Å². The van der Waals surface area contributed by atoms with Gasteiger partial charge in [-0.15, -0.1) is 0 Å². The summed E-state index contributed by atoms with van der Waals surface area (Å²) in [5.74, 6) is -1.53. The van der Waals surface area contributed by atoms with Crippen LogP contribution in [-0.2, 0) is 6.54 Å². The number of aromatic nitrogens is 2. The highest BCUT2D eigenvalue weighted by molar-refractivity contribution is 6.05. The van der Waals surface area contributed by atoms with Gasteiger partial charge in [-0.3, -0.25) is 9.80 Å². The monoisotopic (exact) mass is 476 g/mol. The number of hydrogen-bond acceptors (Lipinski definition) is 7. The SMILES string of the molecule is CCOc1cc(OC)c(F)c(N2Cc3cnc(NC4CCC(N)CC4)nc3N(CC)C2=O)c1F. The maximum absolute atomic E-state index is 15.3.